The predicted molar refractivity (Wildman–Crippen MR) is 158 cm³/mol. The lowest BCUT2D eigenvalue weighted by Crippen LogP contribution is -2.49. The van der Waals surface area contributed by atoms with Crippen LogP contribution in [-0.2, 0) is 0 Å². The quantitative estimate of drug-likeness (QED) is 0.166. The van der Waals surface area contributed by atoms with Gasteiger partial charge in [0.1, 0.15) is 0 Å². The van der Waals surface area contributed by atoms with E-state index in [2.05, 4.69) is 0 Å². The third-order valence-corrected chi connectivity index (χ3v) is 8.87. The Bertz CT molecular complexity index is 2030. The first-order chi connectivity index (χ1) is 22.4. The van der Waals surface area contributed by atoms with E-state index < -0.39 is 80.1 Å². The zero-order valence-electron chi connectivity index (χ0n) is 23.9. The number of hydrogen-bond donors (Lipinski definition) is 0. The molecule has 48 heavy (non-hydrogen) atoms. The monoisotopic (exact) mass is 678 g/mol. The van der Waals surface area contributed by atoms with Crippen molar-refractivity contribution in [3.63, 3.8) is 0 Å². The summed E-state index contributed by atoms with van der Waals surface area (Å²) in [6.45, 7) is 0. The van der Waals surface area contributed by atoms with E-state index in [4.69, 9.17) is 0 Å². The molecule has 0 spiro atoms. The maximum Gasteiger partial charge on any atom is 0.380 e. The minimum Gasteiger partial charge on any atom is -0.194 e. The van der Waals surface area contributed by atoms with Gasteiger partial charge in [0.05, 0.1) is 0 Å². The summed E-state index contributed by atoms with van der Waals surface area (Å²) in [7, 11) is 0. The van der Waals surface area contributed by atoms with Gasteiger partial charge in [-0.3, -0.25) is 0 Å². The van der Waals surface area contributed by atoms with Gasteiger partial charge >= 0.3 is 35.5 Å². The second-order valence-corrected chi connectivity index (χ2v) is 11.6. The van der Waals surface area contributed by atoms with Crippen molar-refractivity contribution in [3.05, 3.63) is 131 Å². The molecule has 0 bridgehead atoms. The molecule has 0 nitrogen and oxygen atoms in total. The number of fused-ring (bicyclic) bond motifs is 2. The average molecular weight is 679 g/mol. The van der Waals surface area contributed by atoms with Crippen molar-refractivity contribution in [3.8, 4) is 0 Å². The summed E-state index contributed by atoms with van der Waals surface area (Å²) >= 11 is 0. The van der Waals surface area contributed by atoms with Gasteiger partial charge in [0.25, 0.3) is 0 Å². The molecule has 0 saturated carbocycles. The van der Waals surface area contributed by atoms with Crippen LogP contribution < -0.4 is 0 Å². The Morgan fingerprint density at radius 3 is 0.833 bits per heavy atom. The van der Waals surface area contributed by atoms with Gasteiger partial charge in [-0.1, -0.05) is 97.1 Å². The second-order valence-electron chi connectivity index (χ2n) is 11.6. The van der Waals surface area contributed by atoms with E-state index in [1.807, 2.05) is 0 Å². The van der Waals surface area contributed by atoms with E-state index >= 15 is 35.1 Å². The minimum absolute atomic E-state index is 0.255. The number of allylic oxidation sites excluding steroid dienone is 4. The van der Waals surface area contributed by atoms with Crippen molar-refractivity contribution in [1.82, 2.24) is 0 Å². The maximum atomic E-state index is 15.3. The Hall–Kier alpha value is -4.74. The molecule has 2 aliphatic carbocycles. The van der Waals surface area contributed by atoms with Crippen LogP contribution in [0.25, 0.3) is 43.8 Å². The van der Waals surface area contributed by atoms with Crippen molar-refractivity contribution in [2.75, 3.05) is 0 Å². The van der Waals surface area contributed by atoms with Gasteiger partial charge in [0.15, 0.2) is 0 Å². The Balaban J connectivity index is 1.45. The first-order valence-electron chi connectivity index (χ1n) is 14.2. The van der Waals surface area contributed by atoms with E-state index in [1.165, 1.54) is 36.4 Å². The summed E-state index contributed by atoms with van der Waals surface area (Å²) < 4.78 is 182. The van der Waals surface area contributed by atoms with Gasteiger partial charge in [0.2, 0.25) is 0 Å². The van der Waals surface area contributed by atoms with Gasteiger partial charge in [-0.25, -0.2) is 0 Å². The van der Waals surface area contributed by atoms with Crippen molar-refractivity contribution < 1.29 is 52.7 Å². The van der Waals surface area contributed by atoms with Crippen LogP contribution in [0.15, 0.2) is 109 Å². The standard InChI is InChI=1S/C36H18F12/c37-31(38)27(29(33(41,42)35(31,45)46)25-15-9-19-5-1-3-7-23(19)17-25)21-11-13-22(14-12-21)28-30(34(43,44)36(47,48)32(28,39)40)26-16-10-20-6-2-4-8-24(20)18-26/h1-18H. The number of halogens is 12. The van der Waals surface area contributed by atoms with Gasteiger partial charge in [-0.2, -0.15) is 52.7 Å². The smallest absolute Gasteiger partial charge is 0.194 e. The summed E-state index contributed by atoms with van der Waals surface area (Å²) in [5.74, 6) is -33.8. The van der Waals surface area contributed by atoms with Gasteiger partial charge in [-0.15, -0.1) is 0 Å². The fourth-order valence-electron chi connectivity index (χ4n) is 6.45. The van der Waals surface area contributed by atoms with Crippen LogP contribution in [0.4, 0.5) is 52.7 Å². The second kappa shape index (κ2) is 9.90. The Morgan fingerprint density at radius 1 is 0.271 bits per heavy atom. The van der Waals surface area contributed by atoms with Crippen LogP contribution >= 0.6 is 0 Å². The fraction of sp³-hybridized carbons (Fsp3) is 0.167. The molecule has 0 aliphatic heterocycles. The molecule has 5 aromatic carbocycles. The van der Waals surface area contributed by atoms with Crippen LogP contribution in [-0.4, -0.2) is 35.5 Å². The molecule has 5 aromatic rings. The van der Waals surface area contributed by atoms with Crippen molar-refractivity contribution in [1.29, 1.82) is 0 Å². The molecule has 0 atom stereocenters. The zero-order chi connectivity index (χ0) is 34.7. The van der Waals surface area contributed by atoms with Crippen LogP contribution in [0.1, 0.15) is 22.3 Å². The normalized spacial score (nSPS) is 21.8. The molecule has 0 saturated heterocycles. The fourth-order valence-corrected chi connectivity index (χ4v) is 6.45. The summed E-state index contributed by atoms with van der Waals surface area (Å²) in [4.78, 5) is 0. The highest BCUT2D eigenvalue weighted by Crippen LogP contribution is 2.66. The first kappa shape index (κ1) is 31.8. The third-order valence-electron chi connectivity index (χ3n) is 8.87. The molecule has 246 valence electrons. The van der Waals surface area contributed by atoms with Crippen molar-refractivity contribution >= 4 is 43.8 Å². The molecule has 0 aromatic heterocycles. The molecular formula is C36H18F12. The van der Waals surface area contributed by atoms with Gasteiger partial charge < -0.3 is 0 Å². The topological polar surface area (TPSA) is 0 Å². The predicted octanol–water partition coefficient (Wildman–Crippen LogP) is 11.7. The maximum absolute atomic E-state index is 15.3. The molecule has 0 amide bonds. The molecule has 0 fully saturated rings. The Morgan fingerprint density at radius 2 is 0.521 bits per heavy atom. The highest BCUT2D eigenvalue weighted by molar-refractivity contribution is 6.05. The minimum atomic E-state index is -5.94. The van der Waals surface area contributed by atoms with E-state index in [1.54, 1.807) is 24.3 Å². The van der Waals surface area contributed by atoms with Crippen LogP contribution in [0.3, 0.4) is 0 Å². The van der Waals surface area contributed by atoms with E-state index in [-0.39, 0.29) is 10.8 Å². The van der Waals surface area contributed by atoms with Crippen LogP contribution in [0.2, 0.25) is 0 Å². The highest BCUT2D eigenvalue weighted by atomic mass is 19.4. The van der Waals surface area contributed by atoms with E-state index in [0.717, 1.165) is 24.3 Å². The molecule has 7 rings (SSSR count). The van der Waals surface area contributed by atoms with Gasteiger partial charge in [0, 0.05) is 22.3 Å². The first-order valence-corrected chi connectivity index (χ1v) is 14.2. The zero-order valence-corrected chi connectivity index (χ0v) is 23.9. The number of alkyl halides is 12. The molecule has 0 radical (unpaired) electrons. The largest absolute Gasteiger partial charge is 0.380 e. The third kappa shape index (κ3) is 4.00. The number of hydrogen-bond acceptors (Lipinski definition) is 0. The van der Waals surface area contributed by atoms with Crippen molar-refractivity contribution in [2.24, 2.45) is 0 Å². The van der Waals surface area contributed by atoms with Crippen LogP contribution in [0, 0.1) is 0 Å². The molecule has 0 heterocycles. The van der Waals surface area contributed by atoms with E-state index in [9.17, 15) is 17.6 Å². The molecular weight excluding hydrogens is 660 g/mol. The number of benzene rings is 5. The Kier molecular flexibility index (Phi) is 6.56. The lowest BCUT2D eigenvalue weighted by molar-refractivity contribution is -0.254. The Labute approximate surface area is 263 Å². The number of rotatable bonds is 4. The lowest BCUT2D eigenvalue weighted by atomic mass is 9.90. The van der Waals surface area contributed by atoms with Gasteiger partial charge in [-0.05, 0) is 55.9 Å². The van der Waals surface area contributed by atoms with Crippen LogP contribution in [0.5, 0.6) is 0 Å². The summed E-state index contributed by atoms with van der Waals surface area (Å²) in [5.41, 5.74) is -10.5. The molecule has 0 N–H and O–H groups in total. The SMILES string of the molecule is FC1(F)C(c2ccc(C3=C(c4ccc5ccccc5c4)C(F)(F)C(F)(F)C3(F)F)cc2)=C(c2ccc3ccccc3c2)C(F)(F)C1(F)F. The highest BCUT2D eigenvalue weighted by Gasteiger charge is 2.81. The summed E-state index contributed by atoms with van der Waals surface area (Å²) in [6, 6.07) is 20.5. The summed E-state index contributed by atoms with van der Waals surface area (Å²) in [5, 5.41) is 1.47. The van der Waals surface area contributed by atoms with Crippen molar-refractivity contribution in [2.45, 2.75) is 35.5 Å². The molecule has 2 aliphatic rings. The average Bonchev–Trinajstić information content (AvgIpc) is 3.23. The molecule has 12 heteroatoms. The molecule has 0 unspecified atom stereocenters. The van der Waals surface area contributed by atoms with E-state index in [0.29, 0.717) is 35.0 Å². The summed E-state index contributed by atoms with van der Waals surface area (Å²) in [6.07, 6.45) is 0. The lowest BCUT2D eigenvalue weighted by Gasteiger charge is -2.26.